The maximum absolute atomic E-state index is 5.45. The fourth-order valence-corrected chi connectivity index (χ4v) is 2.36. The summed E-state index contributed by atoms with van der Waals surface area (Å²) in [7, 11) is 5.86. The number of ether oxygens (including phenoxy) is 1. The van der Waals surface area contributed by atoms with Crippen LogP contribution in [0.2, 0.25) is 0 Å². The highest BCUT2D eigenvalue weighted by atomic mass is 16.5. The summed E-state index contributed by atoms with van der Waals surface area (Å²) in [5.41, 5.74) is 4.92. The van der Waals surface area contributed by atoms with Crippen LogP contribution in [0.5, 0.6) is 5.75 Å². The Bertz CT molecular complexity index is 594. The van der Waals surface area contributed by atoms with Gasteiger partial charge in [0.15, 0.2) is 0 Å². The van der Waals surface area contributed by atoms with E-state index in [0.29, 0.717) is 0 Å². The summed E-state index contributed by atoms with van der Waals surface area (Å²) in [5.74, 6) is 0.881. The van der Waals surface area contributed by atoms with E-state index in [2.05, 4.69) is 67.6 Å². The first-order chi connectivity index (χ1) is 10.1. The second kappa shape index (κ2) is 7.14. The summed E-state index contributed by atoms with van der Waals surface area (Å²) in [5, 5.41) is 3.49. The molecular weight excluding hydrogens is 260 g/mol. The predicted octanol–water partition coefficient (Wildman–Crippen LogP) is 3.68. The molecule has 0 aliphatic carbocycles. The van der Waals surface area contributed by atoms with E-state index in [9.17, 15) is 0 Å². The number of hydrogen-bond donors (Lipinski definition) is 1. The van der Waals surface area contributed by atoms with Crippen molar-refractivity contribution >= 4 is 5.69 Å². The van der Waals surface area contributed by atoms with Crippen LogP contribution in [0, 0.1) is 6.92 Å². The number of anilines is 1. The van der Waals surface area contributed by atoms with Gasteiger partial charge in [-0.3, -0.25) is 0 Å². The zero-order valence-corrected chi connectivity index (χ0v) is 13.3. The molecule has 0 aliphatic rings. The van der Waals surface area contributed by atoms with Crippen molar-refractivity contribution in [3.05, 3.63) is 59.2 Å². The van der Waals surface area contributed by atoms with Crippen molar-refractivity contribution in [2.24, 2.45) is 0 Å². The lowest BCUT2D eigenvalue weighted by Gasteiger charge is -2.16. The van der Waals surface area contributed by atoms with Gasteiger partial charge in [0, 0.05) is 13.1 Å². The average molecular weight is 284 g/mol. The lowest BCUT2D eigenvalue weighted by molar-refractivity contribution is 0.400. The van der Waals surface area contributed by atoms with Gasteiger partial charge in [-0.05, 0) is 49.8 Å². The largest absolute Gasteiger partial charge is 0.495 e. The van der Waals surface area contributed by atoms with Gasteiger partial charge in [-0.2, -0.15) is 0 Å². The van der Waals surface area contributed by atoms with E-state index in [0.717, 1.165) is 24.5 Å². The summed E-state index contributed by atoms with van der Waals surface area (Å²) < 4.78 is 5.45. The van der Waals surface area contributed by atoms with Crippen LogP contribution < -0.4 is 10.1 Å². The Kier molecular flexibility index (Phi) is 5.23. The first kappa shape index (κ1) is 15.4. The molecule has 0 saturated heterocycles. The molecule has 21 heavy (non-hydrogen) atoms. The second-order valence-corrected chi connectivity index (χ2v) is 5.55. The van der Waals surface area contributed by atoms with Crippen molar-refractivity contribution in [1.29, 1.82) is 0 Å². The molecule has 112 valence electrons. The van der Waals surface area contributed by atoms with E-state index in [1.165, 1.54) is 16.7 Å². The van der Waals surface area contributed by atoms with Crippen molar-refractivity contribution < 1.29 is 4.74 Å². The summed E-state index contributed by atoms with van der Waals surface area (Å²) in [6, 6.07) is 14.7. The van der Waals surface area contributed by atoms with Crippen LogP contribution >= 0.6 is 0 Å². The molecule has 2 aromatic carbocycles. The Hall–Kier alpha value is -2.00. The summed E-state index contributed by atoms with van der Waals surface area (Å²) >= 11 is 0. The van der Waals surface area contributed by atoms with Gasteiger partial charge in [0.05, 0.1) is 12.8 Å². The van der Waals surface area contributed by atoms with Crippen molar-refractivity contribution in [3.63, 3.8) is 0 Å². The van der Waals surface area contributed by atoms with Gasteiger partial charge in [0.1, 0.15) is 5.75 Å². The number of nitrogens with zero attached hydrogens (tertiary/aromatic N) is 1. The van der Waals surface area contributed by atoms with Crippen LogP contribution in [0.25, 0.3) is 0 Å². The van der Waals surface area contributed by atoms with E-state index in [1.807, 2.05) is 6.07 Å². The molecule has 1 N–H and O–H groups in total. The van der Waals surface area contributed by atoms with Gasteiger partial charge < -0.3 is 15.0 Å². The van der Waals surface area contributed by atoms with E-state index in [-0.39, 0.29) is 0 Å². The van der Waals surface area contributed by atoms with Crippen LogP contribution in [0.3, 0.4) is 0 Å². The molecule has 0 saturated carbocycles. The quantitative estimate of drug-likeness (QED) is 0.876. The molecule has 0 aromatic heterocycles. The first-order valence-corrected chi connectivity index (χ1v) is 7.20. The number of rotatable bonds is 6. The minimum Gasteiger partial charge on any atom is -0.495 e. The Labute approximate surface area is 127 Å². The molecule has 0 radical (unpaired) electrons. The number of nitrogens with one attached hydrogen (secondary N) is 1. The number of benzene rings is 2. The number of methoxy groups -OCH3 is 1. The standard InChI is InChI=1S/C18H24N2O/c1-14-7-5-6-8-16(14)12-19-17-11-15(13-20(2)3)9-10-18(17)21-4/h5-11,19H,12-13H2,1-4H3. The van der Waals surface area contributed by atoms with Gasteiger partial charge >= 0.3 is 0 Å². The number of aryl methyl sites for hydroxylation is 1. The highest BCUT2D eigenvalue weighted by molar-refractivity contribution is 5.58. The minimum atomic E-state index is 0.800. The molecule has 0 spiro atoms. The predicted molar refractivity (Wildman–Crippen MR) is 88.9 cm³/mol. The maximum atomic E-state index is 5.45. The monoisotopic (exact) mass is 284 g/mol. The third-order valence-corrected chi connectivity index (χ3v) is 3.49. The zero-order chi connectivity index (χ0) is 15.2. The first-order valence-electron chi connectivity index (χ1n) is 7.20. The van der Waals surface area contributed by atoms with Crippen molar-refractivity contribution in [3.8, 4) is 5.75 Å². The van der Waals surface area contributed by atoms with Gasteiger partial charge in [0.25, 0.3) is 0 Å². The number of hydrogen-bond acceptors (Lipinski definition) is 3. The Morgan fingerprint density at radius 1 is 1.10 bits per heavy atom. The van der Waals surface area contributed by atoms with Crippen LogP contribution in [0.15, 0.2) is 42.5 Å². The third kappa shape index (κ3) is 4.23. The second-order valence-electron chi connectivity index (χ2n) is 5.55. The van der Waals surface area contributed by atoms with Crippen LogP contribution in [0.4, 0.5) is 5.69 Å². The molecule has 0 bridgehead atoms. The summed E-state index contributed by atoms with van der Waals surface area (Å²) in [4.78, 5) is 2.16. The molecule has 0 heterocycles. The van der Waals surface area contributed by atoms with Crippen LogP contribution in [0.1, 0.15) is 16.7 Å². The third-order valence-electron chi connectivity index (χ3n) is 3.49. The molecule has 3 nitrogen and oxygen atoms in total. The lowest BCUT2D eigenvalue weighted by atomic mass is 10.1. The van der Waals surface area contributed by atoms with Crippen LogP contribution in [-0.2, 0) is 13.1 Å². The van der Waals surface area contributed by atoms with E-state index in [4.69, 9.17) is 4.74 Å². The van der Waals surface area contributed by atoms with E-state index in [1.54, 1.807) is 7.11 Å². The van der Waals surface area contributed by atoms with Crippen LogP contribution in [-0.4, -0.2) is 26.1 Å². The molecule has 0 unspecified atom stereocenters. The Balaban J connectivity index is 2.15. The molecule has 2 rings (SSSR count). The van der Waals surface area contributed by atoms with E-state index < -0.39 is 0 Å². The minimum absolute atomic E-state index is 0.800. The normalized spacial score (nSPS) is 10.7. The molecule has 0 fully saturated rings. The average Bonchev–Trinajstić information content (AvgIpc) is 2.46. The van der Waals surface area contributed by atoms with Gasteiger partial charge in [-0.15, -0.1) is 0 Å². The maximum Gasteiger partial charge on any atom is 0.141 e. The summed E-state index contributed by atoms with van der Waals surface area (Å²) in [6.45, 7) is 3.86. The van der Waals surface area contributed by atoms with Gasteiger partial charge in [0.2, 0.25) is 0 Å². The van der Waals surface area contributed by atoms with Crippen molar-refractivity contribution in [2.45, 2.75) is 20.0 Å². The topological polar surface area (TPSA) is 24.5 Å². The molecule has 2 aromatic rings. The highest BCUT2D eigenvalue weighted by Crippen LogP contribution is 2.26. The molecule has 3 heteroatoms. The highest BCUT2D eigenvalue weighted by Gasteiger charge is 2.06. The molecule has 0 aliphatic heterocycles. The fraction of sp³-hybridized carbons (Fsp3) is 0.333. The molecular formula is C18H24N2O. The van der Waals surface area contributed by atoms with Crippen molar-refractivity contribution in [2.75, 3.05) is 26.5 Å². The van der Waals surface area contributed by atoms with E-state index >= 15 is 0 Å². The smallest absolute Gasteiger partial charge is 0.141 e. The molecule has 0 atom stereocenters. The van der Waals surface area contributed by atoms with Gasteiger partial charge in [-0.25, -0.2) is 0 Å². The zero-order valence-electron chi connectivity index (χ0n) is 13.3. The Morgan fingerprint density at radius 3 is 2.52 bits per heavy atom. The lowest BCUT2D eigenvalue weighted by Crippen LogP contribution is -2.11. The molecule has 0 amide bonds. The van der Waals surface area contributed by atoms with Gasteiger partial charge in [-0.1, -0.05) is 30.3 Å². The SMILES string of the molecule is COc1ccc(CN(C)C)cc1NCc1ccccc1C. The fourth-order valence-electron chi connectivity index (χ4n) is 2.36. The van der Waals surface area contributed by atoms with Crippen molar-refractivity contribution in [1.82, 2.24) is 4.90 Å². The summed E-state index contributed by atoms with van der Waals surface area (Å²) in [6.07, 6.45) is 0. The Morgan fingerprint density at radius 2 is 1.86 bits per heavy atom.